The van der Waals surface area contributed by atoms with Crippen molar-refractivity contribution in [3.8, 4) is 16.9 Å². The molecule has 4 aromatic carbocycles. The topological polar surface area (TPSA) is 65.0 Å². The predicted molar refractivity (Wildman–Crippen MR) is 128 cm³/mol. The molecule has 1 aliphatic heterocycles. The SMILES string of the molecule is O=C(O)COc1cccc(-c2ccccc2C2O[C@H](c3ccccc3)[C@H](c3ccccc3)O2)c1. The molecule has 0 bridgehead atoms. The Balaban J connectivity index is 1.49. The normalized spacial score (nSPS) is 19.6. The molecule has 0 radical (unpaired) electrons. The fraction of sp³-hybridized carbons (Fsp3) is 0.138. The summed E-state index contributed by atoms with van der Waals surface area (Å²) in [4.78, 5) is 10.9. The summed E-state index contributed by atoms with van der Waals surface area (Å²) in [6, 6.07) is 35.5. The van der Waals surface area contributed by atoms with Crippen LogP contribution in [0.1, 0.15) is 35.2 Å². The summed E-state index contributed by atoms with van der Waals surface area (Å²) in [5.74, 6) is -0.523. The molecular weight excluding hydrogens is 428 g/mol. The molecule has 1 unspecified atom stereocenters. The van der Waals surface area contributed by atoms with Gasteiger partial charge in [-0.25, -0.2) is 4.79 Å². The molecule has 1 heterocycles. The van der Waals surface area contributed by atoms with Gasteiger partial charge in [0.25, 0.3) is 0 Å². The van der Waals surface area contributed by atoms with E-state index in [1.807, 2.05) is 78.9 Å². The largest absolute Gasteiger partial charge is 0.482 e. The van der Waals surface area contributed by atoms with Gasteiger partial charge in [0.15, 0.2) is 12.9 Å². The van der Waals surface area contributed by atoms with Crippen LogP contribution in [0, 0.1) is 0 Å². The first kappa shape index (κ1) is 21.9. The first-order valence-corrected chi connectivity index (χ1v) is 11.1. The minimum Gasteiger partial charge on any atom is -0.482 e. The molecule has 5 nitrogen and oxygen atoms in total. The van der Waals surface area contributed by atoms with Crippen LogP contribution >= 0.6 is 0 Å². The molecule has 1 N–H and O–H groups in total. The Morgan fingerprint density at radius 1 is 0.735 bits per heavy atom. The standard InChI is InChI=1S/C29H24O5/c30-26(31)19-32-23-15-9-14-22(18-23)24-16-7-8-17-25(24)29-33-27(20-10-3-1-4-11-20)28(34-29)21-12-5-2-6-13-21/h1-18,27-29H,19H2,(H,30,31)/t27-,28+,29?. The van der Waals surface area contributed by atoms with Crippen molar-refractivity contribution in [1.29, 1.82) is 0 Å². The van der Waals surface area contributed by atoms with Crippen molar-refractivity contribution in [2.45, 2.75) is 18.5 Å². The lowest BCUT2D eigenvalue weighted by molar-refractivity contribution is -0.139. The maximum absolute atomic E-state index is 10.9. The van der Waals surface area contributed by atoms with Crippen LogP contribution in [-0.4, -0.2) is 17.7 Å². The number of rotatable bonds is 7. The van der Waals surface area contributed by atoms with Gasteiger partial charge in [-0.3, -0.25) is 0 Å². The first-order valence-electron chi connectivity index (χ1n) is 11.1. The number of ether oxygens (including phenoxy) is 3. The van der Waals surface area contributed by atoms with Crippen molar-refractivity contribution in [3.05, 3.63) is 126 Å². The number of hydrogen-bond donors (Lipinski definition) is 1. The van der Waals surface area contributed by atoms with E-state index in [1.54, 1.807) is 6.07 Å². The quantitative estimate of drug-likeness (QED) is 0.354. The summed E-state index contributed by atoms with van der Waals surface area (Å²) in [6.45, 7) is -0.391. The Bertz CT molecular complexity index is 1210. The highest BCUT2D eigenvalue weighted by atomic mass is 16.7. The smallest absolute Gasteiger partial charge is 0.341 e. The second kappa shape index (κ2) is 9.91. The average molecular weight is 453 g/mol. The fourth-order valence-electron chi connectivity index (χ4n) is 4.24. The van der Waals surface area contributed by atoms with Crippen molar-refractivity contribution in [2.75, 3.05) is 6.61 Å². The average Bonchev–Trinajstić information content (AvgIpc) is 3.34. The highest BCUT2D eigenvalue weighted by molar-refractivity contribution is 5.70. The van der Waals surface area contributed by atoms with Gasteiger partial charge in [-0.05, 0) is 34.4 Å². The summed E-state index contributed by atoms with van der Waals surface area (Å²) in [7, 11) is 0. The molecule has 170 valence electrons. The number of carboxylic acid groups (broad SMARTS) is 1. The Labute approximate surface area is 198 Å². The molecule has 3 atom stereocenters. The van der Waals surface area contributed by atoms with E-state index in [0.29, 0.717) is 5.75 Å². The molecule has 0 aromatic heterocycles. The van der Waals surface area contributed by atoms with Crippen LogP contribution < -0.4 is 4.74 Å². The Morgan fingerprint density at radius 2 is 1.32 bits per heavy atom. The van der Waals surface area contributed by atoms with Gasteiger partial charge in [-0.1, -0.05) is 97.1 Å². The second-order valence-corrected chi connectivity index (χ2v) is 8.06. The number of carboxylic acids is 1. The highest BCUT2D eigenvalue weighted by Gasteiger charge is 2.39. The third-order valence-corrected chi connectivity index (χ3v) is 5.79. The van der Waals surface area contributed by atoms with E-state index in [9.17, 15) is 4.79 Å². The Morgan fingerprint density at radius 3 is 1.94 bits per heavy atom. The van der Waals surface area contributed by atoms with Crippen LogP contribution in [0.25, 0.3) is 11.1 Å². The third kappa shape index (κ3) is 4.71. The maximum Gasteiger partial charge on any atom is 0.341 e. The molecule has 34 heavy (non-hydrogen) atoms. The van der Waals surface area contributed by atoms with Crippen molar-refractivity contribution < 1.29 is 24.1 Å². The first-order chi connectivity index (χ1) is 16.7. The minimum atomic E-state index is -1.02. The fourth-order valence-corrected chi connectivity index (χ4v) is 4.24. The minimum absolute atomic E-state index is 0.258. The van der Waals surface area contributed by atoms with Crippen LogP contribution in [0.3, 0.4) is 0 Å². The van der Waals surface area contributed by atoms with Crippen molar-refractivity contribution >= 4 is 5.97 Å². The van der Waals surface area contributed by atoms with E-state index >= 15 is 0 Å². The summed E-state index contributed by atoms with van der Waals surface area (Å²) in [6.07, 6.45) is -1.09. The molecule has 5 rings (SSSR count). The van der Waals surface area contributed by atoms with Gasteiger partial charge in [0, 0.05) is 5.56 Å². The lowest BCUT2D eigenvalue weighted by atomic mass is 9.99. The third-order valence-electron chi connectivity index (χ3n) is 5.79. The van der Waals surface area contributed by atoms with Crippen LogP contribution in [0.2, 0.25) is 0 Å². The van der Waals surface area contributed by atoms with Gasteiger partial charge in [-0.2, -0.15) is 0 Å². The maximum atomic E-state index is 10.9. The summed E-state index contributed by atoms with van der Waals surface area (Å²) >= 11 is 0. The predicted octanol–water partition coefficient (Wildman–Crippen LogP) is 6.35. The van der Waals surface area contributed by atoms with Crippen LogP contribution in [0.15, 0.2) is 109 Å². The van der Waals surface area contributed by atoms with E-state index < -0.39 is 18.9 Å². The molecular formula is C29H24O5. The summed E-state index contributed by atoms with van der Waals surface area (Å²) in [5, 5.41) is 8.93. The van der Waals surface area contributed by atoms with Crippen LogP contribution in [0.5, 0.6) is 5.75 Å². The van der Waals surface area contributed by atoms with E-state index in [1.165, 1.54) is 0 Å². The van der Waals surface area contributed by atoms with Crippen LogP contribution in [-0.2, 0) is 14.3 Å². The zero-order valence-corrected chi connectivity index (χ0v) is 18.4. The molecule has 0 aliphatic carbocycles. The van der Waals surface area contributed by atoms with Crippen LogP contribution in [0.4, 0.5) is 0 Å². The monoisotopic (exact) mass is 452 g/mol. The molecule has 0 amide bonds. The highest BCUT2D eigenvalue weighted by Crippen LogP contribution is 2.49. The van der Waals surface area contributed by atoms with E-state index in [-0.39, 0.29) is 12.2 Å². The van der Waals surface area contributed by atoms with Gasteiger partial charge in [0.2, 0.25) is 0 Å². The lowest BCUT2D eigenvalue weighted by Crippen LogP contribution is -2.09. The molecule has 4 aromatic rings. The number of hydrogen-bond acceptors (Lipinski definition) is 4. The molecule has 1 aliphatic rings. The van der Waals surface area contributed by atoms with E-state index in [0.717, 1.165) is 27.8 Å². The van der Waals surface area contributed by atoms with Crippen molar-refractivity contribution in [3.63, 3.8) is 0 Å². The Kier molecular flexibility index (Phi) is 6.38. The summed E-state index contributed by atoms with van der Waals surface area (Å²) < 4.78 is 18.5. The molecule has 1 fully saturated rings. The van der Waals surface area contributed by atoms with E-state index in [4.69, 9.17) is 19.3 Å². The van der Waals surface area contributed by atoms with Gasteiger partial charge in [-0.15, -0.1) is 0 Å². The Hall–Kier alpha value is -3.93. The van der Waals surface area contributed by atoms with Crippen molar-refractivity contribution in [1.82, 2.24) is 0 Å². The number of carbonyl (C=O) groups is 1. The van der Waals surface area contributed by atoms with Gasteiger partial charge >= 0.3 is 5.97 Å². The van der Waals surface area contributed by atoms with Gasteiger partial charge in [0.05, 0.1) is 0 Å². The molecule has 5 heteroatoms. The lowest BCUT2D eigenvalue weighted by Gasteiger charge is -2.17. The molecule has 1 saturated heterocycles. The number of benzene rings is 4. The zero-order chi connectivity index (χ0) is 23.3. The molecule has 0 spiro atoms. The summed E-state index contributed by atoms with van der Waals surface area (Å²) in [5.41, 5.74) is 4.84. The second-order valence-electron chi connectivity index (χ2n) is 8.06. The zero-order valence-electron chi connectivity index (χ0n) is 18.4. The van der Waals surface area contributed by atoms with Gasteiger partial charge in [0.1, 0.15) is 18.0 Å². The van der Waals surface area contributed by atoms with E-state index in [2.05, 4.69) is 24.3 Å². The van der Waals surface area contributed by atoms with Crippen molar-refractivity contribution in [2.24, 2.45) is 0 Å². The molecule has 0 saturated carbocycles. The number of aliphatic carboxylic acids is 1. The van der Waals surface area contributed by atoms with Gasteiger partial charge < -0.3 is 19.3 Å².